The predicted octanol–water partition coefficient (Wildman–Crippen LogP) is 3.75. The summed E-state index contributed by atoms with van der Waals surface area (Å²) in [5.41, 5.74) is 2.95. The number of benzene rings is 1. The van der Waals surface area contributed by atoms with E-state index in [4.69, 9.17) is 9.52 Å². The van der Waals surface area contributed by atoms with E-state index >= 15 is 0 Å². The van der Waals surface area contributed by atoms with Gasteiger partial charge < -0.3 is 14.1 Å². The fourth-order valence-electron chi connectivity index (χ4n) is 2.55. The van der Waals surface area contributed by atoms with Crippen LogP contribution in [0.2, 0.25) is 0 Å². The van der Waals surface area contributed by atoms with Gasteiger partial charge >= 0.3 is 0 Å². The van der Waals surface area contributed by atoms with E-state index in [0.717, 1.165) is 34.9 Å². The molecule has 1 N–H and O–H groups in total. The van der Waals surface area contributed by atoms with Gasteiger partial charge in [0.2, 0.25) is 0 Å². The SMILES string of the molecule is CCc1ccc(-c2c(-c3ccccc3)ncn2CCCO)o1. The van der Waals surface area contributed by atoms with Gasteiger partial charge in [0.25, 0.3) is 0 Å². The quantitative estimate of drug-likeness (QED) is 0.753. The van der Waals surface area contributed by atoms with Gasteiger partial charge in [0.05, 0.1) is 12.0 Å². The number of hydrogen-bond acceptors (Lipinski definition) is 3. The van der Waals surface area contributed by atoms with E-state index < -0.39 is 0 Å². The number of aromatic nitrogens is 2. The largest absolute Gasteiger partial charge is 0.459 e. The minimum absolute atomic E-state index is 0.163. The lowest BCUT2D eigenvalue weighted by molar-refractivity contribution is 0.280. The molecule has 0 radical (unpaired) electrons. The first kappa shape index (κ1) is 14.6. The van der Waals surface area contributed by atoms with Crippen LogP contribution in [0.1, 0.15) is 19.1 Å². The van der Waals surface area contributed by atoms with Crippen LogP contribution in [-0.2, 0) is 13.0 Å². The number of rotatable bonds is 6. The summed E-state index contributed by atoms with van der Waals surface area (Å²) in [4.78, 5) is 4.57. The first-order valence-corrected chi connectivity index (χ1v) is 7.64. The highest BCUT2D eigenvalue weighted by Gasteiger charge is 2.17. The van der Waals surface area contributed by atoms with E-state index in [9.17, 15) is 0 Å². The molecule has 0 atom stereocenters. The summed E-state index contributed by atoms with van der Waals surface area (Å²) in [6.07, 6.45) is 3.38. The molecule has 0 spiro atoms. The summed E-state index contributed by atoms with van der Waals surface area (Å²) in [6.45, 7) is 2.95. The van der Waals surface area contributed by atoms with Crippen LogP contribution in [0, 0.1) is 0 Å². The lowest BCUT2D eigenvalue weighted by Gasteiger charge is -2.07. The Morgan fingerprint density at radius 1 is 1.14 bits per heavy atom. The maximum atomic E-state index is 9.10. The van der Waals surface area contributed by atoms with E-state index in [-0.39, 0.29) is 6.61 Å². The summed E-state index contributed by atoms with van der Waals surface area (Å²) in [7, 11) is 0. The van der Waals surface area contributed by atoms with Crippen molar-refractivity contribution in [3.8, 4) is 22.7 Å². The van der Waals surface area contributed by atoms with Gasteiger partial charge in [-0.25, -0.2) is 4.98 Å². The molecule has 1 aromatic carbocycles. The van der Waals surface area contributed by atoms with Crippen molar-refractivity contribution in [2.24, 2.45) is 0 Å². The average molecular weight is 296 g/mol. The fourth-order valence-corrected chi connectivity index (χ4v) is 2.55. The van der Waals surface area contributed by atoms with Crippen LogP contribution < -0.4 is 0 Å². The molecule has 0 saturated carbocycles. The standard InChI is InChI=1S/C18H20N2O2/c1-2-15-9-10-16(22-15)18-17(14-7-4-3-5-8-14)19-13-20(18)11-6-12-21/h3-5,7-10,13,21H,2,6,11-12H2,1H3. The Kier molecular flexibility index (Phi) is 4.39. The molecule has 3 aromatic rings. The normalized spacial score (nSPS) is 11.0. The molecule has 2 heterocycles. The lowest BCUT2D eigenvalue weighted by Crippen LogP contribution is -2.01. The Labute approximate surface area is 130 Å². The molecular formula is C18H20N2O2. The number of aliphatic hydroxyl groups excluding tert-OH is 1. The highest BCUT2D eigenvalue weighted by Crippen LogP contribution is 2.32. The molecule has 114 valence electrons. The zero-order chi connectivity index (χ0) is 15.4. The number of aryl methyl sites for hydroxylation is 2. The molecule has 0 fully saturated rings. The van der Waals surface area contributed by atoms with E-state index in [1.165, 1.54) is 0 Å². The minimum Gasteiger partial charge on any atom is -0.459 e. The number of nitrogens with zero attached hydrogens (tertiary/aromatic N) is 2. The second kappa shape index (κ2) is 6.62. The van der Waals surface area contributed by atoms with E-state index in [1.54, 1.807) is 0 Å². The van der Waals surface area contributed by atoms with Crippen LogP contribution in [0.15, 0.2) is 53.2 Å². The molecule has 2 aromatic heterocycles. The van der Waals surface area contributed by atoms with Crippen molar-refractivity contribution in [2.75, 3.05) is 6.61 Å². The molecule has 4 nitrogen and oxygen atoms in total. The highest BCUT2D eigenvalue weighted by molar-refractivity contribution is 5.76. The van der Waals surface area contributed by atoms with Gasteiger partial charge in [0.15, 0.2) is 5.76 Å². The maximum Gasteiger partial charge on any atom is 0.152 e. The highest BCUT2D eigenvalue weighted by atomic mass is 16.3. The lowest BCUT2D eigenvalue weighted by atomic mass is 10.1. The van der Waals surface area contributed by atoms with Crippen molar-refractivity contribution in [3.63, 3.8) is 0 Å². The molecule has 0 unspecified atom stereocenters. The monoisotopic (exact) mass is 296 g/mol. The topological polar surface area (TPSA) is 51.2 Å². The summed E-state index contributed by atoms with van der Waals surface area (Å²) in [6, 6.07) is 14.1. The summed E-state index contributed by atoms with van der Waals surface area (Å²) in [5.74, 6) is 1.79. The Hall–Kier alpha value is -2.33. The molecule has 0 aliphatic heterocycles. The Morgan fingerprint density at radius 3 is 2.64 bits per heavy atom. The van der Waals surface area contributed by atoms with Gasteiger partial charge in [0.1, 0.15) is 11.5 Å². The third kappa shape index (κ3) is 2.83. The molecule has 0 bridgehead atoms. The van der Waals surface area contributed by atoms with Gasteiger partial charge in [0, 0.05) is 25.1 Å². The van der Waals surface area contributed by atoms with Crippen LogP contribution in [-0.4, -0.2) is 21.3 Å². The fraction of sp³-hybridized carbons (Fsp3) is 0.278. The number of aliphatic hydroxyl groups is 1. The Morgan fingerprint density at radius 2 is 1.95 bits per heavy atom. The van der Waals surface area contributed by atoms with E-state index in [1.807, 2.05) is 48.8 Å². The van der Waals surface area contributed by atoms with Crippen LogP contribution in [0.3, 0.4) is 0 Å². The molecule has 0 aliphatic rings. The average Bonchev–Trinajstić information content (AvgIpc) is 3.20. The third-order valence-corrected chi connectivity index (χ3v) is 3.69. The molecule has 3 rings (SSSR count). The van der Waals surface area contributed by atoms with Gasteiger partial charge in [-0.15, -0.1) is 0 Å². The van der Waals surface area contributed by atoms with Gasteiger partial charge in [-0.2, -0.15) is 0 Å². The predicted molar refractivity (Wildman–Crippen MR) is 86.4 cm³/mol. The minimum atomic E-state index is 0.163. The van der Waals surface area contributed by atoms with Crippen molar-refractivity contribution in [1.29, 1.82) is 0 Å². The third-order valence-electron chi connectivity index (χ3n) is 3.69. The van der Waals surface area contributed by atoms with Crippen molar-refractivity contribution >= 4 is 0 Å². The summed E-state index contributed by atoms with van der Waals surface area (Å²) in [5, 5.41) is 9.10. The zero-order valence-electron chi connectivity index (χ0n) is 12.7. The molecule has 4 heteroatoms. The molecular weight excluding hydrogens is 276 g/mol. The first-order chi connectivity index (χ1) is 10.8. The van der Waals surface area contributed by atoms with Crippen molar-refractivity contribution in [1.82, 2.24) is 9.55 Å². The number of furan rings is 1. The molecule has 0 aliphatic carbocycles. The Bertz CT molecular complexity index is 729. The molecule has 0 saturated heterocycles. The van der Waals surface area contributed by atoms with Gasteiger partial charge in [-0.1, -0.05) is 37.3 Å². The van der Waals surface area contributed by atoms with Gasteiger partial charge in [-0.3, -0.25) is 0 Å². The molecule has 22 heavy (non-hydrogen) atoms. The summed E-state index contributed by atoms with van der Waals surface area (Å²) < 4.78 is 7.99. The molecule has 0 amide bonds. The maximum absolute atomic E-state index is 9.10. The van der Waals surface area contributed by atoms with Crippen LogP contribution in [0.25, 0.3) is 22.7 Å². The smallest absolute Gasteiger partial charge is 0.152 e. The second-order valence-corrected chi connectivity index (χ2v) is 5.20. The zero-order valence-corrected chi connectivity index (χ0v) is 12.7. The first-order valence-electron chi connectivity index (χ1n) is 7.64. The number of hydrogen-bond donors (Lipinski definition) is 1. The summed E-state index contributed by atoms with van der Waals surface area (Å²) >= 11 is 0. The van der Waals surface area contributed by atoms with E-state index in [2.05, 4.69) is 16.5 Å². The second-order valence-electron chi connectivity index (χ2n) is 5.20. The van der Waals surface area contributed by atoms with E-state index in [0.29, 0.717) is 13.0 Å². The number of imidazole rings is 1. The van der Waals surface area contributed by atoms with Crippen molar-refractivity contribution in [2.45, 2.75) is 26.3 Å². The van der Waals surface area contributed by atoms with Crippen LogP contribution >= 0.6 is 0 Å². The van der Waals surface area contributed by atoms with Crippen LogP contribution in [0.4, 0.5) is 0 Å². The Balaban J connectivity index is 2.08. The van der Waals surface area contributed by atoms with Crippen molar-refractivity contribution in [3.05, 3.63) is 54.6 Å². The van der Waals surface area contributed by atoms with Crippen molar-refractivity contribution < 1.29 is 9.52 Å². The van der Waals surface area contributed by atoms with Gasteiger partial charge in [-0.05, 0) is 18.6 Å². The van der Waals surface area contributed by atoms with Crippen LogP contribution in [0.5, 0.6) is 0 Å².